The summed E-state index contributed by atoms with van der Waals surface area (Å²) in [5, 5.41) is 15.5. The lowest BCUT2D eigenvalue weighted by atomic mass is 9.98. The average Bonchev–Trinajstić information content (AvgIpc) is 3.23. The van der Waals surface area contributed by atoms with E-state index in [4.69, 9.17) is 18.9 Å². The molecule has 7 rings (SSSR count). The number of hydrogen-bond acceptors (Lipinski definition) is 7. The Labute approximate surface area is 320 Å². The van der Waals surface area contributed by atoms with Crippen molar-refractivity contribution in [1.82, 2.24) is 5.32 Å². The maximum Gasteiger partial charge on any atom is 0.319 e. The fourth-order valence-electron chi connectivity index (χ4n) is 6.30. The van der Waals surface area contributed by atoms with Crippen LogP contribution >= 0.6 is 11.8 Å². The van der Waals surface area contributed by atoms with Crippen LogP contribution < -0.4 is 20.1 Å². The highest BCUT2D eigenvalue weighted by molar-refractivity contribution is 7.99. The molecule has 3 N–H and O–H groups in total. The van der Waals surface area contributed by atoms with Gasteiger partial charge in [-0.05, 0) is 76.3 Å². The number of urea groups is 1. The van der Waals surface area contributed by atoms with Crippen LogP contribution in [0.2, 0.25) is 0 Å². The highest BCUT2D eigenvalue weighted by Crippen LogP contribution is 2.41. The summed E-state index contributed by atoms with van der Waals surface area (Å²) in [6.45, 7) is 0.338. The first-order valence-corrected chi connectivity index (χ1v) is 18.9. The van der Waals surface area contributed by atoms with Gasteiger partial charge in [-0.2, -0.15) is 0 Å². The zero-order valence-corrected chi connectivity index (χ0v) is 30.7. The molecule has 0 spiro atoms. The van der Waals surface area contributed by atoms with Crippen molar-refractivity contribution in [3.63, 3.8) is 0 Å². The minimum absolute atomic E-state index is 0.00503. The summed E-state index contributed by atoms with van der Waals surface area (Å²) in [6, 6.07) is 48.7. The number of anilines is 1. The summed E-state index contributed by atoms with van der Waals surface area (Å²) in [6.07, 6.45) is -0.146. The monoisotopic (exact) mass is 738 g/mol. The molecule has 2 amide bonds. The first kappa shape index (κ1) is 36.8. The van der Waals surface area contributed by atoms with E-state index in [-0.39, 0.29) is 24.8 Å². The SMILES string of the molecule is COc1ccccc1SCC1CC(c2ccc(CO)cc2)OC(c2ccc(-c3ccccc3CNC(=O)Nc3ccc(Oc4ccccc4)cc3)cc2)O1. The third-order valence-electron chi connectivity index (χ3n) is 9.15. The van der Waals surface area contributed by atoms with Gasteiger partial charge in [-0.1, -0.05) is 103 Å². The van der Waals surface area contributed by atoms with E-state index in [0.717, 1.165) is 55.5 Å². The molecule has 6 aromatic rings. The number of aliphatic hydroxyl groups excluding tert-OH is 1. The first-order valence-electron chi connectivity index (χ1n) is 17.9. The lowest BCUT2D eigenvalue weighted by Gasteiger charge is -2.36. The van der Waals surface area contributed by atoms with Gasteiger partial charge in [-0.25, -0.2) is 4.79 Å². The van der Waals surface area contributed by atoms with Gasteiger partial charge < -0.3 is 34.7 Å². The lowest BCUT2D eigenvalue weighted by molar-refractivity contribution is -0.245. The van der Waals surface area contributed by atoms with Gasteiger partial charge in [0.15, 0.2) is 6.29 Å². The Kier molecular flexibility index (Phi) is 12.2. The highest BCUT2D eigenvalue weighted by Gasteiger charge is 2.32. The van der Waals surface area contributed by atoms with Gasteiger partial charge in [0.25, 0.3) is 0 Å². The standard InChI is InChI=1S/C45H42N2O6S/c1-50-41-13-7-8-14-43(41)54-30-39-27-42(33-17-15-31(29-48)16-18-33)53-44(52-39)34-21-19-32(20-22-34)40-12-6-5-9-35(40)28-46-45(49)47-36-23-25-38(26-24-36)51-37-10-3-2-4-11-37/h2-26,39,42,44,48H,27-30H2,1H3,(H2,46,47,49). The molecule has 1 aliphatic heterocycles. The second kappa shape index (κ2) is 18.0. The molecule has 6 aromatic carbocycles. The summed E-state index contributed by atoms with van der Waals surface area (Å²) in [7, 11) is 1.69. The summed E-state index contributed by atoms with van der Waals surface area (Å²) in [5.41, 5.74) is 6.50. The average molecular weight is 739 g/mol. The van der Waals surface area contributed by atoms with Crippen LogP contribution in [0.1, 0.15) is 41.1 Å². The number of rotatable bonds is 13. The Balaban J connectivity index is 1.01. The molecule has 3 atom stereocenters. The molecule has 1 saturated heterocycles. The van der Waals surface area contributed by atoms with Crippen LogP contribution in [0.25, 0.3) is 11.1 Å². The van der Waals surface area contributed by atoms with Crippen molar-refractivity contribution >= 4 is 23.5 Å². The van der Waals surface area contributed by atoms with Crippen LogP contribution in [-0.4, -0.2) is 30.1 Å². The van der Waals surface area contributed by atoms with Gasteiger partial charge in [0.05, 0.1) is 25.9 Å². The van der Waals surface area contributed by atoms with Crippen molar-refractivity contribution in [2.75, 3.05) is 18.2 Å². The van der Waals surface area contributed by atoms with E-state index in [1.54, 1.807) is 18.9 Å². The molecule has 0 bridgehead atoms. The third-order valence-corrected chi connectivity index (χ3v) is 10.3. The minimum atomic E-state index is -0.571. The molecular formula is C45H42N2O6S. The summed E-state index contributed by atoms with van der Waals surface area (Å²) < 4.78 is 24.6. The number of para-hydroxylation sites is 2. The van der Waals surface area contributed by atoms with Gasteiger partial charge in [-0.3, -0.25) is 0 Å². The predicted molar refractivity (Wildman–Crippen MR) is 213 cm³/mol. The van der Waals surface area contributed by atoms with Crippen molar-refractivity contribution in [3.05, 3.63) is 174 Å². The summed E-state index contributed by atoms with van der Waals surface area (Å²) in [4.78, 5) is 13.9. The molecule has 0 aromatic heterocycles. The number of thioether (sulfide) groups is 1. The highest BCUT2D eigenvalue weighted by atomic mass is 32.2. The Bertz CT molecular complexity index is 2110. The van der Waals surface area contributed by atoms with E-state index >= 15 is 0 Å². The Morgan fingerprint density at radius 2 is 1.44 bits per heavy atom. The van der Waals surface area contributed by atoms with Gasteiger partial charge in [0.1, 0.15) is 17.2 Å². The van der Waals surface area contributed by atoms with E-state index < -0.39 is 6.29 Å². The molecule has 1 aliphatic rings. The number of benzene rings is 6. The molecule has 3 unspecified atom stereocenters. The number of amides is 2. The van der Waals surface area contributed by atoms with Crippen molar-refractivity contribution in [3.8, 4) is 28.4 Å². The van der Waals surface area contributed by atoms with Gasteiger partial charge in [0, 0.05) is 34.9 Å². The number of aliphatic hydroxyl groups is 1. The minimum Gasteiger partial charge on any atom is -0.496 e. The first-order chi connectivity index (χ1) is 26.5. The predicted octanol–water partition coefficient (Wildman–Crippen LogP) is 10.3. The van der Waals surface area contributed by atoms with E-state index in [2.05, 4.69) is 34.9 Å². The van der Waals surface area contributed by atoms with Crippen molar-refractivity contribution in [2.24, 2.45) is 0 Å². The molecule has 274 valence electrons. The number of carbonyl (C=O) groups is 1. The molecule has 0 aliphatic carbocycles. The van der Waals surface area contributed by atoms with E-state index in [9.17, 15) is 9.90 Å². The maximum atomic E-state index is 12.9. The Morgan fingerprint density at radius 3 is 2.20 bits per heavy atom. The van der Waals surface area contributed by atoms with Crippen LogP contribution in [-0.2, 0) is 22.6 Å². The summed E-state index contributed by atoms with van der Waals surface area (Å²) in [5.74, 6) is 3.00. The smallest absolute Gasteiger partial charge is 0.319 e. The number of ether oxygens (including phenoxy) is 4. The van der Waals surface area contributed by atoms with Crippen LogP contribution in [0.3, 0.4) is 0 Å². The van der Waals surface area contributed by atoms with Gasteiger partial charge >= 0.3 is 6.03 Å². The topological polar surface area (TPSA) is 98.3 Å². The zero-order valence-electron chi connectivity index (χ0n) is 29.9. The maximum absolute atomic E-state index is 12.9. The van der Waals surface area contributed by atoms with Crippen molar-refractivity contribution < 1.29 is 28.8 Å². The molecule has 54 heavy (non-hydrogen) atoms. The lowest BCUT2D eigenvalue weighted by Crippen LogP contribution is -2.31. The molecule has 1 fully saturated rings. The molecule has 9 heteroatoms. The number of hydrogen-bond donors (Lipinski definition) is 3. The number of methoxy groups -OCH3 is 1. The van der Waals surface area contributed by atoms with Crippen LogP contribution in [0.15, 0.2) is 157 Å². The van der Waals surface area contributed by atoms with Crippen LogP contribution in [0.4, 0.5) is 10.5 Å². The van der Waals surface area contributed by atoms with E-state index in [1.807, 2.05) is 127 Å². The van der Waals surface area contributed by atoms with E-state index in [1.165, 1.54) is 0 Å². The van der Waals surface area contributed by atoms with Crippen LogP contribution in [0.5, 0.6) is 17.2 Å². The fourth-order valence-corrected chi connectivity index (χ4v) is 7.35. The zero-order chi connectivity index (χ0) is 37.1. The molecular weight excluding hydrogens is 697 g/mol. The van der Waals surface area contributed by atoms with Gasteiger partial charge in [-0.15, -0.1) is 11.8 Å². The fraction of sp³-hybridized carbons (Fsp3) is 0.178. The Morgan fingerprint density at radius 1 is 0.759 bits per heavy atom. The second-order valence-electron chi connectivity index (χ2n) is 12.8. The van der Waals surface area contributed by atoms with E-state index in [0.29, 0.717) is 24.4 Å². The molecule has 0 radical (unpaired) electrons. The van der Waals surface area contributed by atoms with Crippen molar-refractivity contribution in [1.29, 1.82) is 0 Å². The normalized spacial score (nSPS) is 16.7. The molecule has 1 heterocycles. The molecule has 0 saturated carbocycles. The summed E-state index contributed by atoms with van der Waals surface area (Å²) >= 11 is 1.71. The Hall–Kier alpha value is -5.58. The number of carbonyl (C=O) groups excluding carboxylic acids is 1. The van der Waals surface area contributed by atoms with Crippen LogP contribution in [0, 0.1) is 0 Å². The quantitative estimate of drug-likeness (QED) is 0.102. The molecule has 8 nitrogen and oxygen atoms in total. The van der Waals surface area contributed by atoms with Gasteiger partial charge in [0.2, 0.25) is 0 Å². The largest absolute Gasteiger partial charge is 0.496 e. The third kappa shape index (κ3) is 9.50. The van der Waals surface area contributed by atoms with Crippen molar-refractivity contribution in [2.45, 2.75) is 43.0 Å². The second-order valence-corrected chi connectivity index (χ2v) is 13.9. The number of nitrogens with one attached hydrogen (secondary N) is 2.